The molecule has 2 aromatic heterocycles. The Bertz CT molecular complexity index is 3110. The first-order valence-electron chi connectivity index (χ1n) is 19.3. The minimum atomic E-state index is 1.13. The molecule has 2 heterocycles. The maximum absolute atomic E-state index is 2.45. The molecule has 0 radical (unpaired) electrons. The van der Waals surface area contributed by atoms with Crippen LogP contribution in [0.2, 0.25) is 0 Å². The fourth-order valence-electron chi connectivity index (χ4n) is 8.69. The minimum absolute atomic E-state index is 1.13. The van der Waals surface area contributed by atoms with Crippen LogP contribution in [0.4, 0.5) is 0 Å². The van der Waals surface area contributed by atoms with Crippen molar-refractivity contribution >= 4 is 43.6 Å². The molecule has 0 saturated carbocycles. The third kappa shape index (κ3) is 5.26. The molecule has 0 aliphatic rings. The Labute approximate surface area is 325 Å². The van der Waals surface area contributed by atoms with Gasteiger partial charge in [0.2, 0.25) is 0 Å². The molecule has 11 rings (SSSR count). The van der Waals surface area contributed by atoms with Crippen molar-refractivity contribution in [3.63, 3.8) is 0 Å². The van der Waals surface area contributed by atoms with Crippen molar-refractivity contribution in [2.75, 3.05) is 0 Å². The van der Waals surface area contributed by atoms with Crippen LogP contribution in [0, 0.1) is 0 Å². The highest BCUT2D eigenvalue weighted by molar-refractivity contribution is 6.12. The summed E-state index contributed by atoms with van der Waals surface area (Å²) in [5.41, 5.74) is 16.7. The number of nitrogens with zero attached hydrogens (tertiary/aromatic N) is 2. The van der Waals surface area contributed by atoms with Crippen LogP contribution in [0.5, 0.6) is 0 Å². The molecule has 0 N–H and O–H groups in total. The Morgan fingerprint density at radius 2 is 0.696 bits per heavy atom. The van der Waals surface area contributed by atoms with Crippen molar-refractivity contribution in [1.29, 1.82) is 0 Å². The smallest absolute Gasteiger partial charge is 0.0547 e. The quantitative estimate of drug-likeness (QED) is 0.162. The highest BCUT2D eigenvalue weighted by Crippen LogP contribution is 2.42. The molecule has 0 atom stereocenters. The third-order valence-corrected chi connectivity index (χ3v) is 11.3. The van der Waals surface area contributed by atoms with Crippen LogP contribution >= 0.6 is 0 Å². The first kappa shape index (κ1) is 32.0. The van der Waals surface area contributed by atoms with Gasteiger partial charge < -0.3 is 9.13 Å². The highest BCUT2D eigenvalue weighted by Gasteiger charge is 2.19. The van der Waals surface area contributed by atoms with Gasteiger partial charge in [-0.3, -0.25) is 0 Å². The van der Waals surface area contributed by atoms with E-state index in [9.17, 15) is 0 Å². The van der Waals surface area contributed by atoms with E-state index in [0.717, 1.165) is 11.4 Å². The number of hydrogen-bond acceptors (Lipinski definition) is 0. The Balaban J connectivity index is 1.14. The lowest BCUT2D eigenvalue weighted by Gasteiger charge is -2.16. The zero-order valence-electron chi connectivity index (χ0n) is 30.7. The highest BCUT2D eigenvalue weighted by atomic mass is 15.0. The molecule has 0 spiro atoms. The van der Waals surface area contributed by atoms with Crippen LogP contribution in [-0.2, 0) is 0 Å². The van der Waals surface area contributed by atoms with E-state index in [1.165, 1.54) is 88.1 Å². The zero-order valence-corrected chi connectivity index (χ0v) is 30.7. The second-order valence-electron chi connectivity index (χ2n) is 14.5. The normalized spacial score (nSPS) is 11.6. The first-order chi connectivity index (χ1) is 27.8. The second kappa shape index (κ2) is 13.2. The third-order valence-electron chi connectivity index (χ3n) is 11.3. The summed E-state index contributed by atoms with van der Waals surface area (Å²) in [6, 6.07) is 79.5. The van der Waals surface area contributed by atoms with Crippen LogP contribution in [0.15, 0.2) is 218 Å². The number of rotatable bonds is 6. The van der Waals surface area contributed by atoms with E-state index in [1.54, 1.807) is 0 Å². The van der Waals surface area contributed by atoms with E-state index in [1.807, 2.05) is 0 Å². The van der Waals surface area contributed by atoms with Gasteiger partial charge in [0.25, 0.3) is 0 Å². The molecule has 262 valence electrons. The van der Waals surface area contributed by atoms with Gasteiger partial charge in [0, 0.05) is 32.9 Å². The molecular weight excluding hydrogens is 677 g/mol. The molecule has 11 aromatic rings. The van der Waals surface area contributed by atoms with Crippen LogP contribution < -0.4 is 0 Å². The lowest BCUT2D eigenvalue weighted by molar-refractivity contribution is 1.18. The Hall–Kier alpha value is -7.42. The molecule has 0 bridgehead atoms. The van der Waals surface area contributed by atoms with Crippen molar-refractivity contribution in [2.45, 2.75) is 0 Å². The topological polar surface area (TPSA) is 9.86 Å². The standard InChI is InChI=1S/C54H36N2/c1-5-15-37(16-6-1)40-26-31-52-49(33-40)50-34-41(38-17-7-2-8-18-38)27-32-53(50)56(52)44-28-30-45(48(36-44)39-19-9-3-10-20-39)42-25-29-47-46-23-13-14-24-51(46)55(54(47)35-42)43-21-11-4-12-22-43/h1-36H. The van der Waals surface area contributed by atoms with E-state index in [2.05, 4.69) is 228 Å². The Morgan fingerprint density at radius 1 is 0.214 bits per heavy atom. The van der Waals surface area contributed by atoms with Crippen LogP contribution in [0.25, 0.3) is 99.5 Å². The van der Waals surface area contributed by atoms with Gasteiger partial charge in [-0.2, -0.15) is 0 Å². The van der Waals surface area contributed by atoms with Gasteiger partial charge in [-0.15, -0.1) is 0 Å². The predicted molar refractivity (Wildman–Crippen MR) is 237 cm³/mol. The van der Waals surface area contributed by atoms with E-state index < -0.39 is 0 Å². The minimum Gasteiger partial charge on any atom is -0.309 e. The number of benzene rings is 9. The maximum atomic E-state index is 2.45. The maximum Gasteiger partial charge on any atom is 0.0547 e. The predicted octanol–water partition coefficient (Wildman–Crippen LogP) is 14.5. The molecule has 0 aliphatic carbocycles. The number of fused-ring (bicyclic) bond motifs is 6. The lowest BCUT2D eigenvalue weighted by Crippen LogP contribution is -1.97. The largest absolute Gasteiger partial charge is 0.309 e. The summed E-state index contributed by atoms with van der Waals surface area (Å²) in [7, 11) is 0. The van der Waals surface area contributed by atoms with Gasteiger partial charge >= 0.3 is 0 Å². The summed E-state index contributed by atoms with van der Waals surface area (Å²) in [5.74, 6) is 0. The molecule has 2 nitrogen and oxygen atoms in total. The van der Waals surface area contributed by atoms with Gasteiger partial charge in [-0.1, -0.05) is 158 Å². The molecule has 9 aromatic carbocycles. The van der Waals surface area contributed by atoms with E-state index >= 15 is 0 Å². The average molecular weight is 713 g/mol. The van der Waals surface area contributed by atoms with Gasteiger partial charge in [-0.05, 0) is 105 Å². The SMILES string of the molecule is c1ccc(-c2ccc3c(c2)c2cc(-c4ccccc4)ccc2n3-c2ccc(-c3ccc4c5ccccc5n(-c5ccccc5)c4c3)c(-c3ccccc3)c2)cc1. The molecule has 0 saturated heterocycles. The number of hydrogen-bond donors (Lipinski definition) is 0. The van der Waals surface area contributed by atoms with Gasteiger partial charge in [0.1, 0.15) is 0 Å². The summed E-state index contributed by atoms with van der Waals surface area (Å²) in [4.78, 5) is 0. The molecule has 0 unspecified atom stereocenters. The summed E-state index contributed by atoms with van der Waals surface area (Å²) < 4.78 is 4.84. The van der Waals surface area contributed by atoms with Crippen molar-refractivity contribution < 1.29 is 0 Å². The van der Waals surface area contributed by atoms with Gasteiger partial charge in [-0.25, -0.2) is 0 Å². The second-order valence-corrected chi connectivity index (χ2v) is 14.5. The molecular formula is C54H36N2. The van der Waals surface area contributed by atoms with Crippen LogP contribution in [-0.4, -0.2) is 9.13 Å². The molecule has 2 heteroatoms. The lowest BCUT2D eigenvalue weighted by atomic mass is 9.93. The fourth-order valence-corrected chi connectivity index (χ4v) is 8.69. The van der Waals surface area contributed by atoms with Crippen molar-refractivity contribution in [3.8, 4) is 55.9 Å². The average Bonchev–Trinajstić information content (AvgIpc) is 3.79. The van der Waals surface area contributed by atoms with Crippen molar-refractivity contribution in [3.05, 3.63) is 218 Å². The van der Waals surface area contributed by atoms with E-state index in [4.69, 9.17) is 0 Å². The van der Waals surface area contributed by atoms with Crippen molar-refractivity contribution in [2.24, 2.45) is 0 Å². The van der Waals surface area contributed by atoms with E-state index in [0.29, 0.717) is 0 Å². The molecule has 0 fully saturated rings. The Kier molecular flexibility index (Phi) is 7.53. The molecule has 56 heavy (non-hydrogen) atoms. The fraction of sp³-hybridized carbons (Fsp3) is 0. The zero-order chi connectivity index (χ0) is 37.0. The Morgan fingerprint density at radius 3 is 1.32 bits per heavy atom. The van der Waals surface area contributed by atoms with Crippen LogP contribution in [0.3, 0.4) is 0 Å². The van der Waals surface area contributed by atoms with Crippen molar-refractivity contribution in [1.82, 2.24) is 9.13 Å². The molecule has 0 aliphatic heterocycles. The summed E-state index contributed by atoms with van der Waals surface area (Å²) >= 11 is 0. The first-order valence-corrected chi connectivity index (χ1v) is 19.3. The van der Waals surface area contributed by atoms with Crippen LogP contribution in [0.1, 0.15) is 0 Å². The van der Waals surface area contributed by atoms with E-state index in [-0.39, 0.29) is 0 Å². The van der Waals surface area contributed by atoms with Gasteiger partial charge in [0.05, 0.1) is 22.1 Å². The number of para-hydroxylation sites is 2. The summed E-state index contributed by atoms with van der Waals surface area (Å²) in [6.45, 7) is 0. The number of aromatic nitrogens is 2. The molecule has 0 amide bonds. The summed E-state index contributed by atoms with van der Waals surface area (Å²) in [6.07, 6.45) is 0. The van der Waals surface area contributed by atoms with Gasteiger partial charge in [0.15, 0.2) is 0 Å². The summed E-state index contributed by atoms with van der Waals surface area (Å²) in [5, 5.41) is 4.99. The monoisotopic (exact) mass is 712 g/mol.